The number of nitrogens with zero attached hydrogens (tertiary/aromatic N) is 4. The minimum Gasteiger partial charge on any atom is -0.465 e. The summed E-state index contributed by atoms with van der Waals surface area (Å²) >= 11 is 0. The summed E-state index contributed by atoms with van der Waals surface area (Å²) in [5.41, 5.74) is 2.55. The van der Waals surface area contributed by atoms with Crippen LogP contribution in [0.4, 0.5) is 4.79 Å². The van der Waals surface area contributed by atoms with Crippen molar-refractivity contribution in [1.82, 2.24) is 24.9 Å². The molecule has 2 aliphatic rings. The van der Waals surface area contributed by atoms with Crippen molar-refractivity contribution in [1.29, 1.82) is 0 Å². The first-order chi connectivity index (χ1) is 17.4. The van der Waals surface area contributed by atoms with Crippen molar-refractivity contribution < 1.29 is 24.3 Å². The van der Waals surface area contributed by atoms with E-state index in [1.807, 2.05) is 39.8 Å². The number of aliphatic hydroxyl groups is 1. The van der Waals surface area contributed by atoms with Crippen LogP contribution in [0.5, 0.6) is 0 Å². The number of carbonyl (C=O) groups excluding carboxylic acids is 1. The second kappa shape index (κ2) is 9.87. The molecular formula is C26H27N5O5. The molecule has 0 spiro atoms. The monoisotopic (exact) mass is 489 g/mol. The maximum absolute atomic E-state index is 12.2. The van der Waals surface area contributed by atoms with Gasteiger partial charge in [0.05, 0.1) is 6.54 Å². The Labute approximate surface area is 207 Å². The fraction of sp³-hybridized carbons (Fsp3) is 0.385. The van der Waals surface area contributed by atoms with Gasteiger partial charge in [-0.15, -0.1) is 0 Å². The average molecular weight is 490 g/mol. The van der Waals surface area contributed by atoms with Gasteiger partial charge >= 0.3 is 6.09 Å². The van der Waals surface area contributed by atoms with Gasteiger partial charge in [0.15, 0.2) is 5.76 Å². The number of carboxylic acid groups (broad SMARTS) is 1. The molecule has 1 saturated heterocycles. The Morgan fingerprint density at radius 2 is 2.00 bits per heavy atom. The number of carbonyl (C=O) groups is 2. The lowest BCUT2D eigenvalue weighted by Crippen LogP contribution is -2.34. The molecule has 186 valence electrons. The van der Waals surface area contributed by atoms with Crippen molar-refractivity contribution >= 4 is 12.0 Å². The van der Waals surface area contributed by atoms with E-state index in [-0.39, 0.29) is 18.9 Å². The molecule has 1 aliphatic heterocycles. The summed E-state index contributed by atoms with van der Waals surface area (Å²) in [4.78, 5) is 28.7. The molecule has 10 nitrogen and oxygen atoms in total. The van der Waals surface area contributed by atoms with Crippen LogP contribution in [-0.4, -0.2) is 61.5 Å². The first-order valence-electron chi connectivity index (χ1n) is 11.9. The molecular weight excluding hydrogens is 462 g/mol. The standard InChI is InChI=1S/C26H27N5O5/c1-16(32)25-27-10-11-30(25)13-19-12-23(36-29-19)18-5-2-17(3-6-18)4-7-20-21-14-31(15-22(20)21)24(33)8-9-28-26(34)35/h2-3,5-6,10-12,16,20-22,28,32H,8-9,13-15H2,1H3,(H,34,35)/t16-,20-,21-,22+/m0/s1. The molecule has 1 aliphatic carbocycles. The number of aromatic nitrogens is 3. The van der Waals surface area contributed by atoms with Crippen LogP contribution in [-0.2, 0) is 11.3 Å². The molecule has 1 saturated carbocycles. The summed E-state index contributed by atoms with van der Waals surface area (Å²) in [5.74, 6) is 8.94. The molecule has 2 amide bonds. The van der Waals surface area contributed by atoms with Crippen molar-refractivity contribution in [3.05, 3.63) is 59.8 Å². The molecule has 2 fully saturated rings. The van der Waals surface area contributed by atoms with Gasteiger partial charge in [-0.05, 0) is 43.0 Å². The van der Waals surface area contributed by atoms with Crippen LogP contribution in [0, 0.1) is 29.6 Å². The molecule has 0 radical (unpaired) electrons. The summed E-state index contributed by atoms with van der Waals surface area (Å²) in [6.45, 7) is 3.66. The zero-order valence-electron chi connectivity index (χ0n) is 19.8. The Kier molecular flexibility index (Phi) is 6.48. The maximum atomic E-state index is 12.2. The summed E-state index contributed by atoms with van der Waals surface area (Å²) in [6, 6.07) is 9.69. The fourth-order valence-electron chi connectivity index (χ4n) is 4.78. The highest BCUT2D eigenvalue weighted by Gasteiger charge is 2.55. The molecule has 0 unspecified atom stereocenters. The fourth-order valence-corrected chi connectivity index (χ4v) is 4.78. The highest BCUT2D eigenvalue weighted by Crippen LogP contribution is 2.51. The highest BCUT2D eigenvalue weighted by molar-refractivity contribution is 5.77. The molecule has 2 aromatic heterocycles. The smallest absolute Gasteiger partial charge is 0.404 e. The van der Waals surface area contributed by atoms with Gasteiger partial charge in [-0.25, -0.2) is 9.78 Å². The van der Waals surface area contributed by atoms with E-state index in [0.717, 1.165) is 16.8 Å². The van der Waals surface area contributed by atoms with E-state index < -0.39 is 12.2 Å². The largest absolute Gasteiger partial charge is 0.465 e. The third-order valence-electron chi connectivity index (χ3n) is 6.73. The third-order valence-corrected chi connectivity index (χ3v) is 6.73. The van der Waals surface area contributed by atoms with Crippen molar-refractivity contribution in [2.75, 3.05) is 19.6 Å². The van der Waals surface area contributed by atoms with E-state index in [2.05, 4.69) is 27.3 Å². The number of benzene rings is 1. The van der Waals surface area contributed by atoms with Crippen molar-refractivity contribution in [3.63, 3.8) is 0 Å². The van der Waals surface area contributed by atoms with Gasteiger partial charge in [-0.2, -0.15) is 0 Å². The van der Waals surface area contributed by atoms with Gasteiger partial charge < -0.3 is 29.5 Å². The molecule has 4 atom stereocenters. The number of likely N-dealkylation sites (tertiary alicyclic amines) is 1. The lowest BCUT2D eigenvalue weighted by molar-refractivity contribution is -0.130. The second-order valence-corrected chi connectivity index (χ2v) is 9.25. The lowest BCUT2D eigenvalue weighted by Gasteiger charge is -2.18. The van der Waals surface area contributed by atoms with Gasteiger partial charge in [-0.3, -0.25) is 4.79 Å². The van der Waals surface area contributed by atoms with E-state index in [4.69, 9.17) is 9.63 Å². The van der Waals surface area contributed by atoms with Crippen molar-refractivity contribution in [2.24, 2.45) is 17.8 Å². The molecule has 1 aromatic carbocycles. The number of amides is 2. The van der Waals surface area contributed by atoms with Gasteiger partial charge in [0, 0.05) is 61.6 Å². The number of aliphatic hydroxyl groups excluding tert-OH is 1. The van der Waals surface area contributed by atoms with E-state index in [1.165, 1.54) is 0 Å². The number of piperidine rings is 1. The molecule has 3 aromatic rings. The van der Waals surface area contributed by atoms with Crippen LogP contribution in [0.2, 0.25) is 0 Å². The highest BCUT2D eigenvalue weighted by atomic mass is 16.5. The minimum atomic E-state index is -1.11. The van der Waals surface area contributed by atoms with Crippen LogP contribution < -0.4 is 5.32 Å². The molecule has 36 heavy (non-hydrogen) atoms. The Morgan fingerprint density at radius 1 is 1.25 bits per heavy atom. The molecule has 3 heterocycles. The summed E-state index contributed by atoms with van der Waals surface area (Å²) in [5, 5.41) is 24.8. The lowest BCUT2D eigenvalue weighted by atomic mass is 10.1. The van der Waals surface area contributed by atoms with Gasteiger partial charge in [-0.1, -0.05) is 17.0 Å². The van der Waals surface area contributed by atoms with Crippen LogP contribution in [0.3, 0.4) is 0 Å². The number of hydrogen-bond donors (Lipinski definition) is 3. The Morgan fingerprint density at radius 3 is 2.69 bits per heavy atom. The predicted octanol–water partition coefficient (Wildman–Crippen LogP) is 2.35. The zero-order chi connectivity index (χ0) is 25.2. The van der Waals surface area contributed by atoms with E-state index in [0.29, 0.717) is 49.0 Å². The molecule has 5 rings (SSSR count). The van der Waals surface area contributed by atoms with Gasteiger partial charge in [0.1, 0.15) is 17.6 Å². The summed E-state index contributed by atoms with van der Waals surface area (Å²) < 4.78 is 7.35. The number of nitrogens with one attached hydrogen (secondary N) is 1. The Hall–Kier alpha value is -4.10. The molecule has 3 N–H and O–H groups in total. The van der Waals surface area contributed by atoms with Crippen molar-refractivity contribution in [2.45, 2.75) is 26.0 Å². The van der Waals surface area contributed by atoms with Crippen LogP contribution in [0.25, 0.3) is 11.3 Å². The summed E-state index contributed by atoms with van der Waals surface area (Å²) in [6.07, 6.45) is 1.86. The van der Waals surface area contributed by atoms with Crippen LogP contribution in [0.15, 0.2) is 47.2 Å². The minimum absolute atomic E-state index is 0.0118. The SMILES string of the molecule is C[C@H](O)c1nccn1Cc1cc(-c2ccc(C#C[C@@H]3[C@H]4CN(C(=O)CCNC(=O)O)C[C@@H]34)cc2)on1. The van der Waals surface area contributed by atoms with E-state index >= 15 is 0 Å². The van der Waals surface area contributed by atoms with Crippen molar-refractivity contribution in [3.8, 4) is 23.2 Å². The zero-order valence-corrected chi connectivity index (χ0v) is 19.8. The van der Waals surface area contributed by atoms with E-state index in [1.54, 1.807) is 19.3 Å². The van der Waals surface area contributed by atoms with Crippen LogP contribution in [0.1, 0.15) is 36.5 Å². The Bertz CT molecular complexity index is 1300. The predicted molar refractivity (Wildman–Crippen MR) is 128 cm³/mol. The topological polar surface area (TPSA) is 134 Å². The molecule has 10 heteroatoms. The molecule has 0 bridgehead atoms. The number of imidazole rings is 1. The number of fused-ring (bicyclic) bond motifs is 1. The van der Waals surface area contributed by atoms with Gasteiger partial charge in [0.2, 0.25) is 5.91 Å². The quantitative estimate of drug-likeness (QED) is 0.434. The second-order valence-electron chi connectivity index (χ2n) is 9.25. The van der Waals surface area contributed by atoms with Crippen LogP contribution >= 0.6 is 0 Å². The number of rotatable bonds is 7. The van der Waals surface area contributed by atoms with Gasteiger partial charge in [0.25, 0.3) is 0 Å². The Balaban J connectivity index is 1.13. The third kappa shape index (κ3) is 5.11. The maximum Gasteiger partial charge on any atom is 0.404 e. The number of hydrogen-bond acceptors (Lipinski definition) is 6. The average Bonchev–Trinajstić information content (AvgIpc) is 3.34. The van der Waals surface area contributed by atoms with E-state index in [9.17, 15) is 14.7 Å². The first kappa shape index (κ1) is 23.6. The summed E-state index contributed by atoms with van der Waals surface area (Å²) in [7, 11) is 0. The first-order valence-corrected chi connectivity index (χ1v) is 11.9. The normalized spacial score (nSPS) is 20.8.